The van der Waals surface area contributed by atoms with Crippen molar-refractivity contribution in [3.8, 4) is 5.69 Å². The lowest BCUT2D eigenvalue weighted by Gasteiger charge is -2.32. The molecule has 4 rings (SSSR count). The number of nitrogens with one attached hydrogen (secondary N) is 1. The Balaban J connectivity index is 1.40. The minimum absolute atomic E-state index is 0.0387. The molecule has 1 fully saturated rings. The molecule has 1 atom stereocenters. The molecule has 0 bridgehead atoms. The van der Waals surface area contributed by atoms with Crippen molar-refractivity contribution >= 4 is 11.7 Å². The Labute approximate surface area is 180 Å². The third kappa shape index (κ3) is 4.82. The molecular weight excluding hydrogens is 395 g/mol. The number of piperidine rings is 1. The van der Waals surface area contributed by atoms with E-state index in [1.807, 2.05) is 37.3 Å². The van der Waals surface area contributed by atoms with Gasteiger partial charge >= 0.3 is 0 Å². The Morgan fingerprint density at radius 3 is 2.52 bits per heavy atom. The first kappa shape index (κ1) is 20.8. The summed E-state index contributed by atoms with van der Waals surface area (Å²) in [5.41, 5.74) is 1.15. The van der Waals surface area contributed by atoms with Crippen LogP contribution in [0.15, 0.2) is 71.5 Å². The molecule has 2 heterocycles. The van der Waals surface area contributed by atoms with Gasteiger partial charge in [0.25, 0.3) is 5.56 Å². The summed E-state index contributed by atoms with van der Waals surface area (Å²) >= 11 is 0. The zero-order valence-corrected chi connectivity index (χ0v) is 17.4. The summed E-state index contributed by atoms with van der Waals surface area (Å²) in [7, 11) is 0. The number of hydrogen-bond donors (Lipinski definition) is 1. The van der Waals surface area contributed by atoms with Crippen LogP contribution in [0.2, 0.25) is 0 Å². The number of amides is 1. The van der Waals surface area contributed by atoms with Crippen LogP contribution in [0.25, 0.3) is 5.69 Å². The summed E-state index contributed by atoms with van der Waals surface area (Å²) in [5, 5.41) is 7.54. The van der Waals surface area contributed by atoms with E-state index in [-0.39, 0.29) is 23.4 Å². The lowest BCUT2D eigenvalue weighted by Crippen LogP contribution is -2.42. The Morgan fingerprint density at radius 1 is 1.06 bits per heavy atom. The van der Waals surface area contributed by atoms with Gasteiger partial charge in [0.1, 0.15) is 11.6 Å². The van der Waals surface area contributed by atoms with E-state index < -0.39 is 5.82 Å². The number of aromatic nitrogens is 2. The third-order valence-corrected chi connectivity index (χ3v) is 5.69. The zero-order valence-electron chi connectivity index (χ0n) is 17.4. The van der Waals surface area contributed by atoms with E-state index in [2.05, 4.69) is 15.3 Å². The van der Waals surface area contributed by atoms with Crippen molar-refractivity contribution in [1.82, 2.24) is 15.1 Å². The van der Waals surface area contributed by atoms with E-state index in [4.69, 9.17) is 0 Å². The van der Waals surface area contributed by atoms with Crippen LogP contribution >= 0.6 is 0 Å². The number of rotatable bonds is 5. The summed E-state index contributed by atoms with van der Waals surface area (Å²) < 4.78 is 14.8. The molecule has 0 aliphatic carbocycles. The van der Waals surface area contributed by atoms with Gasteiger partial charge in [0, 0.05) is 25.1 Å². The van der Waals surface area contributed by atoms with Crippen LogP contribution in [0.3, 0.4) is 0 Å². The standard InChI is InChI=1S/C24H25FN4O2/c1-17(18-6-3-2-4-7-18)26-24(31)19-12-14-28(15-13-19)22-10-11-23(30)29(27-22)21-9-5-8-20(25)16-21/h2-11,16-17,19H,12-15H2,1H3,(H,26,31)/t17-/m0/s1. The average Bonchev–Trinajstić information content (AvgIpc) is 2.80. The van der Waals surface area contributed by atoms with E-state index in [1.165, 1.54) is 22.9 Å². The average molecular weight is 420 g/mol. The van der Waals surface area contributed by atoms with Crippen molar-refractivity contribution in [2.75, 3.05) is 18.0 Å². The Hall–Kier alpha value is -3.48. The number of nitrogens with zero attached hydrogens (tertiary/aromatic N) is 3. The van der Waals surface area contributed by atoms with E-state index in [9.17, 15) is 14.0 Å². The molecule has 1 saturated heterocycles. The number of benzene rings is 2. The van der Waals surface area contributed by atoms with Gasteiger partial charge < -0.3 is 10.2 Å². The first-order valence-corrected chi connectivity index (χ1v) is 10.5. The number of hydrogen-bond acceptors (Lipinski definition) is 4. The highest BCUT2D eigenvalue weighted by atomic mass is 19.1. The second-order valence-electron chi connectivity index (χ2n) is 7.82. The fraction of sp³-hybridized carbons (Fsp3) is 0.292. The molecule has 0 unspecified atom stereocenters. The van der Waals surface area contributed by atoms with E-state index in [0.717, 1.165) is 5.56 Å². The Kier molecular flexibility index (Phi) is 6.11. The molecule has 1 amide bonds. The second-order valence-corrected chi connectivity index (χ2v) is 7.82. The normalized spacial score (nSPS) is 15.5. The van der Waals surface area contributed by atoms with Crippen LogP contribution < -0.4 is 15.8 Å². The first-order valence-electron chi connectivity index (χ1n) is 10.5. The molecule has 3 aromatic rings. The monoisotopic (exact) mass is 420 g/mol. The summed E-state index contributed by atoms with van der Waals surface area (Å²) in [5.74, 6) is 0.221. The molecule has 0 saturated carbocycles. The molecule has 6 nitrogen and oxygen atoms in total. The van der Waals surface area contributed by atoms with E-state index in [0.29, 0.717) is 37.4 Å². The predicted molar refractivity (Wildman–Crippen MR) is 118 cm³/mol. The molecule has 0 spiro atoms. The summed E-state index contributed by atoms with van der Waals surface area (Å²) in [6, 6.07) is 18.8. The van der Waals surface area contributed by atoms with Crippen LogP contribution in [0, 0.1) is 11.7 Å². The fourth-order valence-electron chi connectivity index (χ4n) is 3.89. The third-order valence-electron chi connectivity index (χ3n) is 5.69. The molecule has 1 aromatic heterocycles. The summed E-state index contributed by atoms with van der Waals surface area (Å²) in [6.07, 6.45) is 1.40. The first-order chi connectivity index (χ1) is 15.0. The van der Waals surface area contributed by atoms with Gasteiger partial charge in [-0.3, -0.25) is 9.59 Å². The number of anilines is 1. The summed E-state index contributed by atoms with van der Waals surface area (Å²) in [4.78, 5) is 27.0. The van der Waals surface area contributed by atoms with E-state index in [1.54, 1.807) is 18.2 Å². The molecule has 31 heavy (non-hydrogen) atoms. The number of carbonyl (C=O) groups excluding carboxylic acids is 1. The van der Waals surface area contributed by atoms with Gasteiger partial charge in [-0.2, -0.15) is 4.68 Å². The Morgan fingerprint density at radius 2 is 1.81 bits per heavy atom. The van der Waals surface area contributed by atoms with Crippen LogP contribution in [0.5, 0.6) is 0 Å². The van der Waals surface area contributed by atoms with Crippen molar-refractivity contribution in [2.24, 2.45) is 5.92 Å². The molecule has 2 aromatic carbocycles. The van der Waals surface area contributed by atoms with Gasteiger partial charge in [-0.05, 0) is 49.6 Å². The molecule has 1 aliphatic rings. The molecule has 0 radical (unpaired) electrons. The molecule has 1 N–H and O–H groups in total. The molecule has 1 aliphatic heterocycles. The van der Waals surface area contributed by atoms with Crippen molar-refractivity contribution in [2.45, 2.75) is 25.8 Å². The molecule has 160 valence electrons. The highest BCUT2D eigenvalue weighted by Gasteiger charge is 2.27. The van der Waals surface area contributed by atoms with Gasteiger partial charge in [0.2, 0.25) is 5.91 Å². The van der Waals surface area contributed by atoms with Crippen LogP contribution in [-0.4, -0.2) is 28.8 Å². The van der Waals surface area contributed by atoms with Gasteiger partial charge in [-0.15, -0.1) is 5.10 Å². The van der Waals surface area contributed by atoms with Crippen molar-refractivity contribution in [3.05, 3.63) is 88.5 Å². The minimum atomic E-state index is -0.423. The SMILES string of the molecule is C[C@H](NC(=O)C1CCN(c2ccc(=O)n(-c3cccc(F)c3)n2)CC1)c1ccccc1. The predicted octanol–water partition coefficient (Wildman–Crippen LogP) is 3.47. The van der Waals surface area contributed by atoms with Crippen LogP contribution in [0.1, 0.15) is 31.4 Å². The smallest absolute Gasteiger partial charge is 0.271 e. The van der Waals surface area contributed by atoms with Gasteiger partial charge in [-0.1, -0.05) is 36.4 Å². The van der Waals surface area contributed by atoms with Crippen molar-refractivity contribution < 1.29 is 9.18 Å². The van der Waals surface area contributed by atoms with Crippen LogP contribution in [-0.2, 0) is 4.79 Å². The van der Waals surface area contributed by atoms with Crippen molar-refractivity contribution in [3.63, 3.8) is 0 Å². The highest BCUT2D eigenvalue weighted by molar-refractivity contribution is 5.79. The van der Waals surface area contributed by atoms with Crippen molar-refractivity contribution in [1.29, 1.82) is 0 Å². The maximum absolute atomic E-state index is 13.6. The topological polar surface area (TPSA) is 67.2 Å². The largest absolute Gasteiger partial charge is 0.355 e. The molecule has 7 heteroatoms. The summed E-state index contributed by atoms with van der Waals surface area (Å²) in [6.45, 7) is 3.31. The number of carbonyl (C=O) groups is 1. The highest BCUT2D eigenvalue weighted by Crippen LogP contribution is 2.23. The zero-order chi connectivity index (χ0) is 21.8. The van der Waals surface area contributed by atoms with Crippen LogP contribution in [0.4, 0.5) is 10.2 Å². The quantitative estimate of drug-likeness (QED) is 0.686. The number of halogens is 1. The Bertz CT molecular complexity index is 1110. The van der Waals surface area contributed by atoms with Gasteiger partial charge in [-0.25, -0.2) is 4.39 Å². The maximum Gasteiger partial charge on any atom is 0.271 e. The fourth-order valence-corrected chi connectivity index (χ4v) is 3.89. The molecular formula is C24H25FN4O2. The maximum atomic E-state index is 13.6. The minimum Gasteiger partial charge on any atom is -0.355 e. The lowest BCUT2D eigenvalue weighted by molar-refractivity contribution is -0.126. The lowest BCUT2D eigenvalue weighted by atomic mass is 9.95. The second kappa shape index (κ2) is 9.12. The van der Waals surface area contributed by atoms with Gasteiger partial charge in [0.05, 0.1) is 11.7 Å². The van der Waals surface area contributed by atoms with E-state index >= 15 is 0 Å². The van der Waals surface area contributed by atoms with Gasteiger partial charge in [0.15, 0.2) is 0 Å².